The van der Waals surface area contributed by atoms with Crippen LogP contribution in [0.5, 0.6) is 0 Å². The molecule has 4 heteroatoms. The summed E-state index contributed by atoms with van der Waals surface area (Å²) in [5.74, 6) is 0. The fourth-order valence-corrected chi connectivity index (χ4v) is 3.30. The molecule has 1 aliphatic rings. The number of rotatable bonds is 2. The van der Waals surface area contributed by atoms with Crippen molar-refractivity contribution in [1.29, 1.82) is 0 Å². The Morgan fingerprint density at radius 2 is 2.06 bits per heavy atom. The lowest BCUT2D eigenvalue weighted by molar-refractivity contribution is 0.116. The van der Waals surface area contributed by atoms with Crippen molar-refractivity contribution in [2.24, 2.45) is 0 Å². The molecule has 1 aromatic carbocycles. The zero-order chi connectivity index (χ0) is 11.7. The molecule has 2 atom stereocenters. The van der Waals surface area contributed by atoms with Gasteiger partial charge in [-0.25, -0.2) is 4.98 Å². The monoisotopic (exact) mass is 248 g/mol. The van der Waals surface area contributed by atoms with Crippen LogP contribution >= 0.6 is 11.3 Å². The van der Waals surface area contributed by atoms with Crippen molar-refractivity contribution in [2.45, 2.75) is 37.8 Å². The average Bonchev–Trinajstić information content (AvgIpc) is 2.74. The molecule has 0 radical (unpaired) electrons. The Labute approximate surface area is 105 Å². The zero-order valence-electron chi connectivity index (χ0n) is 9.60. The van der Waals surface area contributed by atoms with Gasteiger partial charge >= 0.3 is 0 Å². The topological polar surface area (TPSA) is 45.1 Å². The number of thiazole rings is 1. The quantitative estimate of drug-likeness (QED) is 0.858. The lowest BCUT2D eigenvalue weighted by Gasteiger charge is -2.27. The zero-order valence-corrected chi connectivity index (χ0v) is 10.4. The molecule has 1 heterocycles. The number of aromatic nitrogens is 1. The molecule has 2 N–H and O–H groups in total. The number of aliphatic hydroxyl groups excluding tert-OH is 1. The number of hydrogen-bond acceptors (Lipinski definition) is 4. The Hall–Kier alpha value is -1.13. The first-order chi connectivity index (χ1) is 8.33. The maximum Gasteiger partial charge on any atom is 0.184 e. The number of nitrogens with zero attached hydrogens (tertiary/aromatic N) is 1. The third-order valence-corrected chi connectivity index (χ3v) is 4.30. The molecule has 1 aliphatic carbocycles. The van der Waals surface area contributed by atoms with Gasteiger partial charge in [-0.05, 0) is 25.0 Å². The van der Waals surface area contributed by atoms with Gasteiger partial charge < -0.3 is 10.4 Å². The van der Waals surface area contributed by atoms with Gasteiger partial charge in [0.25, 0.3) is 0 Å². The summed E-state index contributed by atoms with van der Waals surface area (Å²) in [7, 11) is 0. The van der Waals surface area contributed by atoms with Crippen LogP contribution in [0.15, 0.2) is 24.3 Å². The van der Waals surface area contributed by atoms with E-state index in [-0.39, 0.29) is 12.1 Å². The number of hydrogen-bond donors (Lipinski definition) is 2. The molecule has 0 aliphatic heterocycles. The lowest BCUT2D eigenvalue weighted by atomic mass is 9.93. The molecule has 90 valence electrons. The summed E-state index contributed by atoms with van der Waals surface area (Å²) in [6, 6.07) is 8.30. The minimum absolute atomic E-state index is 0.171. The van der Waals surface area contributed by atoms with Crippen molar-refractivity contribution in [3.05, 3.63) is 24.3 Å². The van der Waals surface area contributed by atoms with E-state index in [1.54, 1.807) is 11.3 Å². The van der Waals surface area contributed by atoms with Gasteiger partial charge in [-0.2, -0.15) is 0 Å². The standard InChI is InChI=1S/C13H16N2OS/c16-11-7-3-1-5-9(11)14-13-15-10-6-2-4-8-12(10)17-13/h2,4,6,8-9,11,16H,1,3,5,7H2,(H,14,15)/t9-,11-/m1/s1. The molecule has 1 fully saturated rings. The van der Waals surface area contributed by atoms with E-state index < -0.39 is 0 Å². The van der Waals surface area contributed by atoms with E-state index in [9.17, 15) is 5.11 Å². The van der Waals surface area contributed by atoms with Crippen LogP contribution in [-0.4, -0.2) is 22.2 Å². The molecule has 0 bridgehead atoms. The van der Waals surface area contributed by atoms with Crippen LogP contribution in [0, 0.1) is 0 Å². The first kappa shape index (κ1) is 11.0. The Bertz CT molecular complexity index is 478. The normalized spacial score (nSPS) is 25.0. The highest BCUT2D eigenvalue weighted by molar-refractivity contribution is 7.22. The van der Waals surface area contributed by atoms with Gasteiger partial charge in [-0.1, -0.05) is 36.3 Å². The molecule has 1 saturated carbocycles. The summed E-state index contributed by atoms with van der Waals surface area (Å²) in [6.07, 6.45) is 4.05. The number of aliphatic hydroxyl groups is 1. The van der Waals surface area contributed by atoms with E-state index in [0.717, 1.165) is 29.9 Å². The van der Waals surface area contributed by atoms with Gasteiger partial charge in [0.05, 0.1) is 22.4 Å². The number of fused-ring (bicyclic) bond motifs is 1. The number of nitrogens with one attached hydrogen (secondary N) is 1. The van der Waals surface area contributed by atoms with Gasteiger partial charge in [0.2, 0.25) is 0 Å². The molecule has 0 amide bonds. The summed E-state index contributed by atoms with van der Waals surface area (Å²) in [5, 5.41) is 14.2. The van der Waals surface area contributed by atoms with E-state index >= 15 is 0 Å². The molecule has 17 heavy (non-hydrogen) atoms. The minimum Gasteiger partial charge on any atom is -0.391 e. The average molecular weight is 248 g/mol. The molecule has 3 nitrogen and oxygen atoms in total. The predicted molar refractivity (Wildman–Crippen MR) is 71.5 cm³/mol. The Balaban J connectivity index is 1.79. The molecule has 1 aromatic heterocycles. The van der Waals surface area contributed by atoms with Crippen molar-refractivity contribution in [3.8, 4) is 0 Å². The van der Waals surface area contributed by atoms with Crippen LogP contribution < -0.4 is 5.32 Å². The van der Waals surface area contributed by atoms with Crippen LogP contribution in [-0.2, 0) is 0 Å². The van der Waals surface area contributed by atoms with Crippen LogP contribution in [0.1, 0.15) is 25.7 Å². The fourth-order valence-electron chi connectivity index (χ4n) is 2.37. The summed E-state index contributed by atoms with van der Waals surface area (Å²) < 4.78 is 1.19. The largest absolute Gasteiger partial charge is 0.391 e. The summed E-state index contributed by atoms with van der Waals surface area (Å²) in [5.41, 5.74) is 1.03. The smallest absolute Gasteiger partial charge is 0.184 e. The number of anilines is 1. The molecular formula is C13H16N2OS. The van der Waals surface area contributed by atoms with Gasteiger partial charge in [-0.3, -0.25) is 0 Å². The van der Waals surface area contributed by atoms with Gasteiger partial charge in [0.1, 0.15) is 0 Å². The summed E-state index contributed by atoms with van der Waals surface area (Å²) in [4.78, 5) is 4.54. The van der Waals surface area contributed by atoms with Crippen molar-refractivity contribution in [3.63, 3.8) is 0 Å². The molecule has 0 saturated heterocycles. The second kappa shape index (κ2) is 4.63. The van der Waals surface area contributed by atoms with Gasteiger partial charge in [0, 0.05) is 0 Å². The van der Waals surface area contributed by atoms with Crippen LogP contribution in [0.3, 0.4) is 0 Å². The van der Waals surface area contributed by atoms with E-state index in [2.05, 4.69) is 16.4 Å². The predicted octanol–water partition coefficient (Wildman–Crippen LogP) is 3.01. The van der Waals surface area contributed by atoms with Crippen LogP contribution in [0.2, 0.25) is 0 Å². The Morgan fingerprint density at radius 1 is 1.24 bits per heavy atom. The second-order valence-electron chi connectivity index (χ2n) is 4.59. The molecule has 2 aromatic rings. The number of para-hydroxylation sites is 1. The third-order valence-electron chi connectivity index (χ3n) is 3.33. The van der Waals surface area contributed by atoms with Crippen molar-refractivity contribution >= 4 is 26.7 Å². The first-order valence-corrected chi connectivity index (χ1v) is 6.95. The maximum absolute atomic E-state index is 9.92. The second-order valence-corrected chi connectivity index (χ2v) is 5.62. The SMILES string of the molecule is O[C@@H]1CCCC[C@H]1Nc1nc2ccccc2s1. The molecular weight excluding hydrogens is 232 g/mol. The van der Waals surface area contributed by atoms with Crippen molar-refractivity contribution in [2.75, 3.05) is 5.32 Å². The fraction of sp³-hybridized carbons (Fsp3) is 0.462. The summed E-state index contributed by atoms with van der Waals surface area (Å²) in [6.45, 7) is 0. The lowest BCUT2D eigenvalue weighted by Crippen LogP contribution is -2.36. The number of benzene rings is 1. The molecule has 3 rings (SSSR count). The van der Waals surface area contributed by atoms with E-state index in [1.807, 2.05) is 18.2 Å². The van der Waals surface area contributed by atoms with Crippen LogP contribution in [0.25, 0.3) is 10.2 Å². The van der Waals surface area contributed by atoms with Crippen LogP contribution in [0.4, 0.5) is 5.13 Å². The molecule has 0 unspecified atom stereocenters. The molecule has 0 spiro atoms. The van der Waals surface area contributed by atoms with E-state index in [0.29, 0.717) is 0 Å². The van der Waals surface area contributed by atoms with Gasteiger partial charge in [-0.15, -0.1) is 0 Å². The summed E-state index contributed by atoms with van der Waals surface area (Å²) >= 11 is 1.66. The minimum atomic E-state index is -0.226. The third kappa shape index (κ3) is 2.28. The van der Waals surface area contributed by atoms with E-state index in [1.165, 1.54) is 11.1 Å². The van der Waals surface area contributed by atoms with Crippen molar-refractivity contribution < 1.29 is 5.11 Å². The van der Waals surface area contributed by atoms with Crippen molar-refractivity contribution in [1.82, 2.24) is 4.98 Å². The first-order valence-electron chi connectivity index (χ1n) is 6.13. The highest BCUT2D eigenvalue weighted by Crippen LogP contribution is 2.28. The Morgan fingerprint density at radius 3 is 2.88 bits per heavy atom. The highest BCUT2D eigenvalue weighted by atomic mass is 32.1. The highest BCUT2D eigenvalue weighted by Gasteiger charge is 2.23. The maximum atomic E-state index is 9.92. The van der Waals surface area contributed by atoms with Gasteiger partial charge in [0.15, 0.2) is 5.13 Å². The van der Waals surface area contributed by atoms with E-state index in [4.69, 9.17) is 0 Å². The Kier molecular flexibility index (Phi) is 2.99.